The number of amides is 1. The van der Waals surface area contributed by atoms with Crippen LogP contribution in [0.25, 0.3) is 10.2 Å². The molecule has 0 spiro atoms. The molecule has 0 saturated heterocycles. The maximum atomic E-state index is 13.1. The minimum atomic E-state index is -4.59. The number of thiophene rings is 1. The first kappa shape index (κ1) is 21.9. The summed E-state index contributed by atoms with van der Waals surface area (Å²) in [7, 11) is 1.20. The molecule has 14 heteroatoms. The Kier molecular flexibility index (Phi) is 5.71. The lowest BCUT2D eigenvalue weighted by Crippen LogP contribution is -2.37. The predicted octanol–water partition coefficient (Wildman–Crippen LogP) is 1.79. The van der Waals surface area contributed by atoms with Gasteiger partial charge in [0.15, 0.2) is 5.82 Å². The minimum Gasteiger partial charge on any atom is -0.468 e. The molecule has 0 unspecified atom stereocenters. The highest BCUT2D eigenvalue weighted by Gasteiger charge is 2.39. The Morgan fingerprint density at radius 1 is 1.25 bits per heavy atom. The molecule has 0 radical (unpaired) electrons. The van der Waals surface area contributed by atoms with Gasteiger partial charge in [-0.3, -0.25) is 9.59 Å². The normalized spacial score (nSPS) is 13.8. The summed E-state index contributed by atoms with van der Waals surface area (Å²) in [4.78, 5) is 35.9. The van der Waals surface area contributed by atoms with E-state index in [0.717, 1.165) is 15.9 Å². The minimum absolute atomic E-state index is 0.0112. The number of hydrogen-bond donors (Lipinski definition) is 1. The number of aryl methyl sites for hydroxylation is 1. The van der Waals surface area contributed by atoms with Crippen molar-refractivity contribution in [2.45, 2.75) is 32.6 Å². The topological polar surface area (TPSA) is 115 Å². The summed E-state index contributed by atoms with van der Waals surface area (Å²) in [6, 6.07) is 1.91. The zero-order valence-electron chi connectivity index (χ0n) is 17.1. The first-order valence-electron chi connectivity index (χ1n) is 9.61. The smallest absolute Gasteiger partial charge is 0.451 e. The number of hydrogen-bond acceptors (Lipinski definition) is 9. The number of alkyl halides is 3. The average molecular weight is 469 g/mol. The monoisotopic (exact) mass is 469 g/mol. The molecule has 0 aromatic carbocycles. The summed E-state index contributed by atoms with van der Waals surface area (Å²) in [6.07, 6.45) is -3.85. The summed E-state index contributed by atoms with van der Waals surface area (Å²) >= 11 is 1.40. The maximum Gasteiger partial charge on any atom is 0.451 e. The second-order valence-electron chi connectivity index (χ2n) is 6.93. The van der Waals surface area contributed by atoms with Gasteiger partial charge in [-0.15, -0.1) is 21.5 Å². The van der Waals surface area contributed by atoms with Gasteiger partial charge in [0.25, 0.3) is 5.91 Å². The number of aromatic nitrogens is 5. The third kappa shape index (κ3) is 4.09. The molecule has 10 nitrogen and oxygen atoms in total. The fraction of sp³-hybridized carbons (Fsp3) is 0.444. The lowest BCUT2D eigenvalue weighted by molar-refractivity contribution is -0.147. The van der Waals surface area contributed by atoms with E-state index >= 15 is 0 Å². The third-order valence-electron chi connectivity index (χ3n) is 4.90. The van der Waals surface area contributed by atoms with Gasteiger partial charge in [0, 0.05) is 18.0 Å². The molecule has 1 N–H and O–H groups in total. The van der Waals surface area contributed by atoms with Crippen LogP contribution in [0.15, 0.2) is 6.07 Å². The molecule has 0 bridgehead atoms. The van der Waals surface area contributed by atoms with Crippen LogP contribution in [0.2, 0.25) is 0 Å². The van der Waals surface area contributed by atoms with Gasteiger partial charge in [-0.1, -0.05) is 6.92 Å². The second kappa shape index (κ2) is 8.33. The first-order valence-corrected chi connectivity index (χ1v) is 10.4. The number of methoxy groups -OCH3 is 1. The zero-order chi connectivity index (χ0) is 23.0. The van der Waals surface area contributed by atoms with Crippen LogP contribution in [0.4, 0.5) is 19.0 Å². The molecule has 0 saturated carbocycles. The molecular formula is C18H18F3N7O3S. The van der Waals surface area contributed by atoms with Crippen molar-refractivity contribution in [3.8, 4) is 0 Å². The molecule has 0 atom stereocenters. The fourth-order valence-electron chi connectivity index (χ4n) is 3.33. The highest BCUT2D eigenvalue weighted by Crippen LogP contribution is 2.34. The van der Waals surface area contributed by atoms with E-state index < -0.39 is 23.9 Å². The van der Waals surface area contributed by atoms with Crippen molar-refractivity contribution in [3.05, 3.63) is 28.4 Å². The number of rotatable bonds is 5. The van der Waals surface area contributed by atoms with Gasteiger partial charge in [0.1, 0.15) is 17.2 Å². The van der Waals surface area contributed by atoms with Gasteiger partial charge in [-0.05, 0) is 12.5 Å². The summed E-state index contributed by atoms with van der Waals surface area (Å²) in [5.74, 6) is -1.91. The largest absolute Gasteiger partial charge is 0.468 e. The zero-order valence-corrected chi connectivity index (χ0v) is 17.9. The van der Waals surface area contributed by atoms with Crippen LogP contribution < -0.4 is 10.2 Å². The maximum absolute atomic E-state index is 13.1. The predicted molar refractivity (Wildman–Crippen MR) is 107 cm³/mol. The molecule has 3 aromatic rings. The molecule has 4 rings (SSSR count). The number of nitrogens with zero attached hydrogens (tertiary/aromatic N) is 6. The number of fused-ring (bicyclic) bond motifs is 2. The summed E-state index contributed by atoms with van der Waals surface area (Å²) < 4.78 is 45.0. The van der Waals surface area contributed by atoms with Crippen molar-refractivity contribution in [1.29, 1.82) is 0 Å². The summed E-state index contributed by atoms with van der Waals surface area (Å²) in [5.41, 5.74) is 0. The molecule has 0 aliphatic carbocycles. The van der Waals surface area contributed by atoms with Crippen molar-refractivity contribution in [1.82, 2.24) is 30.0 Å². The highest BCUT2D eigenvalue weighted by atomic mass is 32.1. The van der Waals surface area contributed by atoms with E-state index in [2.05, 4.69) is 30.2 Å². The lowest BCUT2D eigenvalue weighted by Gasteiger charge is -2.29. The number of carbonyl (C=O) groups is 2. The van der Waals surface area contributed by atoms with Crippen LogP contribution in [-0.4, -0.2) is 56.8 Å². The number of halogens is 3. The van der Waals surface area contributed by atoms with E-state index in [1.807, 2.05) is 13.0 Å². The number of esters is 1. The van der Waals surface area contributed by atoms with Gasteiger partial charge in [-0.25, -0.2) is 9.97 Å². The Balaban J connectivity index is 1.70. The van der Waals surface area contributed by atoms with E-state index in [4.69, 9.17) is 0 Å². The lowest BCUT2D eigenvalue weighted by atomic mass is 10.2. The van der Waals surface area contributed by atoms with Crippen molar-refractivity contribution in [3.63, 3.8) is 0 Å². The van der Waals surface area contributed by atoms with E-state index in [-0.39, 0.29) is 37.8 Å². The van der Waals surface area contributed by atoms with Gasteiger partial charge in [0.05, 0.1) is 19.0 Å². The Morgan fingerprint density at radius 2 is 2.03 bits per heavy atom. The third-order valence-corrected chi connectivity index (χ3v) is 6.08. The number of ether oxygens (including phenoxy) is 1. The van der Waals surface area contributed by atoms with Crippen LogP contribution in [-0.2, 0) is 35.2 Å². The molecule has 0 fully saturated rings. The Bertz CT molecular complexity index is 1190. The molecule has 32 heavy (non-hydrogen) atoms. The standard InChI is InChI=1S/C18H18F3N7O3S/c1-3-9-6-10-14(23-13(24-16(10)32-9)15(30)22-7-12(29)31-2)27-4-5-28-11(8-27)25-26-17(28)18(19,20)21/h6H,3-5,7-8H2,1-2H3,(H,22,30). The van der Waals surface area contributed by atoms with E-state index in [0.29, 0.717) is 16.0 Å². The average Bonchev–Trinajstić information content (AvgIpc) is 3.39. The van der Waals surface area contributed by atoms with E-state index in [1.165, 1.54) is 18.4 Å². The van der Waals surface area contributed by atoms with Gasteiger partial charge in [0.2, 0.25) is 11.6 Å². The number of anilines is 1. The SMILES string of the molecule is CCc1cc2c(N3CCn4c(nnc4C(F)(F)F)C3)nc(C(=O)NCC(=O)OC)nc2s1. The van der Waals surface area contributed by atoms with Crippen LogP contribution in [0.3, 0.4) is 0 Å². The second-order valence-corrected chi connectivity index (χ2v) is 8.04. The molecule has 4 heterocycles. The van der Waals surface area contributed by atoms with Gasteiger partial charge >= 0.3 is 12.1 Å². The Morgan fingerprint density at radius 3 is 2.72 bits per heavy atom. The molecule has 1 aliphatic heterocycles. The van der Waals surface area contributed by atoms with Crippen molar-refractivity contribution in [2.24, 2.45) is 0 Å². The molecule has 170 valence electrons. The van der Waals surface area contributed by atoms with Crippen LogP contribution >= 0.6 is 11.3 Å². The molecule has 1 amide bonds. The quantitative estimate of drug-likeness (QED) is 0.563. The van der Waals surface area contributed by atoms with Crippen molar-refractivity contribution < 1.29 is 27.5 Å². The van der Waals surface area contributed by atoms with Crippen LogP contribution in [0.5, 0.6) is 0 Å². The van der Waals surface area contributed by atoms with Crippen molar-refractivity contribution >= 4 is 39.2 Å². The molecule has 1 aliphatic rings. The fourth-order valence-corrected chi connectivity index (χ4v) is 4.29. The van der Waals surface area contributed by atoms with Crippen LogP contribution in [0, 0.1) is 0 Å². The van der Waals surface area contributed by atoms with Crippen molar-refractivity contribution in [2.75, 3.05) is 25.1 Å². The van der Waals surface area contributed by atoms with Gasteiger partial charge < -0.3 is 19.5 Å². The van der Waals surface area contributed by atoms with Gasteiger partial charge in [-0.2, -0.15) is 13.2 Å². The first-order chi connectivity index (χ1) is 15.2. The highest BCUT2D eigenvalue weighted by molar-refractivity contribution is 7.18. The Hall–Kier alpha value is -3.29. The number of nitrogens with one attached hydrogen (secondary N) is 1. The van der Waals surface area contributed by atoms with Crippen LogP contribution in [0.1, 0.15) is 34.1 Å². The summed E-state index contributed by atoms with van der Waals surface area (Å²) in [5, 5.41) is 10.1. The molecular weight excluding hydrogens is 451 g/mol. The number of carbonyl (C=O) groups excluding carboxylic acids is 2. The van der Waals surface area contributed by atoms with E-state index in [1.54, 1.807) is 4.90 Å². The van der Waals surface area contributed by atoms with E-state index in [9.17, 15) is 22.8 Å². The Labute approximate surface area is 183 Å². The summed E-state index contributed by atoms with van der Waals surface area (Å²) in [6.45, 7) is 1.89. The molecule has 3 aromatic heterocycles.